The Bertz CT molecular complexity index is 1120. The molecule has 1 N–H and O–H groups in total. The fraction of sp³-hybridized carbons (Fsp3) is 0.231. The van der Waals surface area contributed by atoms with Crippen molar-refractivity contribution in [2.24, 2.45) is 5.92 Å². The highest BCUT2D eigenvalue weighted by atomic mass is 16.5. The Morgan fingerprint density at radius 3 is 2.39 bits per heavy atom. The van der Waals surface area contributed by atoms with Gasteiger partial charge >= 0.3 is 0 Å². The number of nitrogens with one attached hydrogen (secondary N) is 1. The monoisotopic (exact) mass is 414 g/mol. The maximum absolute atomic E-state index is 12.8. The van der Waals surface area contributed by atoms with E-state index in [2.05, 4.69) is 18.3 Å². The van der Waals surface area contributed by atoms with E-state index in [1.165, 1.54) is 5.56 Å². The van der Waals surface area contributed by atoms with Crippen LogP contribution in [0.15, 0.2) is 66.7 Å². The quantitative estimate of drug-likeness (QED) is 0.608. The lowest BCUT2D eigenvalue weighted by Crippen LogP contribution is -2.28. The van der Waals surface area contributed by atoms with Gasteiger partial charge in [0.1, 0.15) is 11.5 Å². The topological polar surface area (TPSA) is 58.6 Å². The molecule has 0 radical (unpaired) electrons. The third-order valence-corrected chi connectivity index (χ3v) is 5.81. The number of para-hydroxylation sites is 1. The predicted molar refractivity (Wildman–Crippen MR) is 123 cm³/mol. The summed E-state index contributed by atoms with van der Waals surface area (Å²) in [4.78, 5) is 27.0. The van der Waals surface area contributed by atoms with Crippen molar-refractivity contribution in [3.8, 4) is 11.5 Å². The molecule has 1 aliphatic heterocycles. The minimum Gasteiger partial charge on any atom is -0.457 e. The number of benzene rings is 3. The molecule has 0 saturated carbocycles. The lowest BCUT2D eigenvalue weighted by Gasteiger charge is -2.19. The number of carbonyl (C=O) groups is 2. The molecular weight excluding hydrogens is 388 g/mol. The van der Waals surface area contributed by atoms with Crippen molar-refractivity contribution in [2.75, 3.05) is 16.8 Å². The number of aryl methyl sites for hydroxylation is 2. The van der Waals surface area contributed by atoms with Crippen LogP contribution in [0.2, 0.25) is 0 Å². The Hall–Kier alpha value is -3.60. The fourth-order valence-corrected chi connectivity index (χ4v) is 3.79. The number of amides is 2. The van der Waals surface area contributed by atoms with Crippen molar-refractivity contribution in [1.29, 1.82) is 0 Å². The van der Waals surface area contributed by atoms with Crippen molar-refractivity contribution in [3.63, 3.8) is 0 Å². The second-order valence-corrected chi connectivity index (χ2v) is 8.01. The average Bonchev–Trinajstić information content (AvgIpc) is 3.15. The van der Waals surface area contributed by atoms with Crippen molar-refractivity contribution in [3.05, 3.63) is 83.4 Å². The lowest BCUT2D eigenvalue weighted by molar-refractivity contribution is -0.122. The van der Waals surface area contributed by atoms with Gasteiger partial charge < -0.3 is 15.0 Å². The van der Waals surface area contributed by atoms with E-state index >= 15 is 0 Å². The second-order valence-electron chi connectivity index (χ2n) is 8.01. The first-order valence-corrected chi connectivity index (χ1v) is 10.4. The van der Waals surface area contributed by atoms with Crippen molar-refractivity contribution in [1.82, 2.24) is 0 Å². The fourth-order valence-electron chi connectivity index (χ4n) is 3.79. The number of hydrogen-bond acceptors (Lipinski definition) is 3. The molecule has 4 rings (SSSR count). The molecule has 3 aromatic rings. The Labute approximate surface area is 182 Å². The number of ether oxygens (including phenoxy) is 1. The number of carbonyl (C=O) groups excluding carboxylic acids is 2. The summed E-state index contributed by atoms with van der Waals surface area (Å²) in [6, 6.07) is 21.0. The summed E-state index contributed by atoms with van der Waals surface area (Å²) in [5.41, 5.74) is 4.85. The van der Waals surface area contributed by atoms with Gasteiger partial charge in [-0.15, -0.1) is 0 Å². The third kappa shape index (κ3) is 4.45. The summed E-state index contributed by atoms with van der Waals surface area (Å²) in [6.07, 6.45) is 0.216. The molecule has 1 atom stereocenters. The smallest absolute Gasteiger partial charge is 0.229 e. The van der Waals surface area contributed by atoms with Gasteiger partial charge in [0.05, 0.1) is 5.92 Å². The number of anilines is 2. The minimum absolute atomic E-state index is 0.0216. The van der Waals surface area contributed by atoms with Gasteiger partial charge in [-0.05, 0) is 73.9 Å². The SMILES string of the molecule is Cc1ccccc1N1C[C@H](C(=O)Nc2ccc(Oc3cccc(C)c3C)cc2)CC1=O. The molecule has 0 bridgehead atoms. The van der Waals surface area contributed by atoms with Gasteiger partial charge in [0.25, 0.3) is 0 Å². The summed E-state index contributed by atoms with van der Waals surface area (Å²) in [7, 11) is 0. The zero-order chi connectivity index (χ0) is 22.0. The number of rotatable bonds is 5. The largest absolute Gasteiger partial charge is 0.457 e. The van der Waals surface area contributed by atoms with Crippen LogP contribution in [0, 0.1) is 26.7 Å². The first-order chi connectivity index (χ1) is 14.9. The van der Waals surface area contributed by atoms with E-state index < -0.39 is 0 Å². The van der Waals surface area contributed by atoms with Crippen LogP contribution in [0.1, 0.15) is 23.1 Å². The van der Waals surface area contributed by atoms with Crippen LogP contribution in [0.3, 0.4) is 0 Å². The van der Waals surface area contributed by atoms with Crippen LogP contribution in [-0.4, -0.2) is 18.4 Å². The standard InChI is InChI=1S/C26H26N2O3/c1-17-8-6-10-24(19(17)3)31-22-13-11-21(12-14-22)27-26(30)20-15-25(29)28(16-20)23-9-5-4-7-18(23)2/h4-14,20H,15-16H2,1-3H3,(H,27,30)/t20-/m1/s1. The van der Waals surface area contributed by atoms with Gasteiger partial charge in [0.15, 0.2) is 0 Å². The van der Waals surface area contributed by atoms with Crippen molar-refractivity contribution in [2.45, 2.75) is 27.2 Å². The number of hydrogen-bond donors (Lipinski definition) is 1. The van der Waals surface area contributed by atoms with E-state index in [9.17, 15) is 9.59 Å². The molecule has 3 aromatic carbocycles. The second kappa shape index (κ2) is 8.64. The zero-order valence-electron chi connectivity index (χ0n) is 18.0. The molecule has 1 heterocycles. The molecule has 2 amide bonds. The highest BCUT2D eigenvalue weighted by Crippen LogP contribution is 2.30. The van der Waals surface area contributed by atoms with E-state index in [0.29, 0.717) is 18.0 Å². The molecule has 1 saturated heterocycles. The molecule has 5 heteroatoms. The summed E-state index contributed by atoms with van der Waals surface area (Å²) in [5, 5.41) is 2.93. The highest BCUT2D eigenvalue weighted by molar-refractivity contribution is 6.03. The maximum Gasteiger partial charge on any atom is 0.229 e. The average molecular weight is 415 g/mol. The van der Waals surface area contributed by atoms with Crippen LogP contribution < -0.4 is 15.0 Å². The van der Waals surface area contributed by atoms with Gasteiger partial charge in [-0.2, -0.15) is 0 Å². The van der Waals surface area contributed by atoms with Crippen molar-refractivity contribution < 1.29 is 14.3 Å². The Balaban J connectivity index is 1.39. The van der Waals surface area contributed by atoms with Crippen LogP contribution in [0.25, 0.3) is 0 Å². The highest BCUT2D eigenvalue weighted by Gasteiger charge is 2.35. The van der Waals surface area contributed by atoms with Crippen LogP contribution in [0.4, 0.5) is 11.4 Å². The summed E-state index contributed by atoms with van der Waals surface area (Å²) in [5.74, 6) is 0.975. The van der Waals surface area contributed by atoms with Crippen LogP contribution in [0.5, 0.6) is 11.5 Å². The molecule has 0 aromatic heterocycles. The Kier molecular flexibility index (Phi) is 5.76. The van der Waals surface area contributed by atoms with E-state index in [-0.39, 0.29) is 24.2 Å². The molecule has 158 valence electrons. The van der Waals surface area contributed by atoms with Gasteiger partial charge in [-0.3, -0.25) is 9.59 Å². The predicted octanol–water partition coefficient (Wildman–Crippen LogP) is 5.40. The molecular formula is C26H26N2O3. The first-order valence-electron chi connectivity index (χ1n) is 10.4. The Morgan fingerprint density at radius 2 is 1.65 bits per heavy atom. The maximum atomic E-state index is 12.8. The minimum atomic E-state index is -0.377. The lowest BCUT2D eigenvalue weighted by atomic mass is 10.1. The first kappa shape index (κ1) is 20.7. The third-order valence-electron chi connectivity index (χ3n) is 5.81. The van der Waals surface area contributed by atoms with E-state index in [4.69, 9.17) is 4.74 Å². The molecule has 0 spiro atoms. The molecule has 31 heavy (non-hydrogen) atoms. The van der Waals surface area contributed by atoms with Crippen LogP contribution >= 0.6 is 0 Å². The normalized spacial score (nSPS) is 15.8. The summed E-state index contributed by atoms with van der Waals surface area (Å²) < 4.78 is 5.97. The van der Waals surface area contributed by atoms with Crippen LogP contribution in [-0.2, 0) is 9.59 Å². The Morgan fingerprint density at radius 1 is 0.935 bits per heavy atom. The summed E-state index contributed by atoms with van der Waals surface area (Å²) >= 11 is 0. The zero-order valence-corrected chi connectivity index (χ0v) is 18.0. The molecule has 1 aliphatic rings. The molecule has 1 fully saturated rings. The molecule has 0 unspecified atom stereocenters. The molecule has 5 nitrogen and oxygen atoms in total. The van der Waals surface area contributed by atoms with E-state index in [1.807, 2.05) is 74.5 Å². The van der Waals surface area contributed by atoms with Crippen molar-refractivity contribution >= 4 is 23.2 Å². The number of nitrogens with zero attached hydrogens (tertiary/aromatic N) is 1. The van der Waals surface area contributed by atoms with E-state index in [1.54, 1.807) is 4.90 Å². The van der Waals surface area contributed by atoms with Gasteiger partial charge in [0, 0.05) is 24.3 Å². The van der Waals surface area contributed by atoms with E-state index in [0.717, 1.165) is 22.6 Å². The summed E-state index contributed by atoms with van der Waals surface area (Å²) in [6.45, 7) is 6.44. The van der Waals surface area contributed by atoms with Gasteiger partial charge in [0.2, 0.25) is 11.8 Å². The van der Waals surface area contributed by atoms with Gasteiger partial charge in [-0.25, -0.2) is 0 Å². The van der Waals surface area contributed by atoms with Gasteiger partial charge in [-0.1, -0.05) is 30.3 Å². The molecule has 0 aliphatic carbocycles.